The van der Waals surface area contributed by atoms with Crippen molar-refractivity contribution in [1.29, 1.82) is 0 Å². The van der Waals surface area contributed by atoms with Gasteiger partial charge >= 0.3 is 0 Å². The van der Waals surface area contributed by atoms with Crippen LogP contribution in [-0.2, 0) is 12.8 Å². The second-order valence-electron chi connectivity index (χ2n) is 14.7. The van der Waals surface area contributed by atoms with Crippen molar-refractivity contribution in [1.82, 2.24) is 0 Å². The van der Waals surface area contributed by atoms with E-state index in [-0.39, 0.29) is 44.6 Å². The summed E-state index contributed by atoms with van der Waals surface area (Å²) in [6, 6.07) is 28.0. The molecule has 48 heavy (non-hydrogen) atoms. The monoisotopic (exact) mass is 653 g/mol. The maximum Gasteiger partial charge on any atom is -0.00670 e. The van der Waals surface area contributed by atoms with Gasteiger partial charge in [-0.1, -0.05) is 188 Å². The molecule has 268 valence electrons. The largest absolute Gasteiger partial charge is 0.0776 e. The van der Waals surface area contributed by atoms with E-state index in [1.165, 1.54) is 135 Å². The molecule has 2 saturated carbocycles. The topological polar surface area (TPSA) is 0 Å². The van der Waals surface area contributed by atoms with Crippen LogP contribution in [0.25, 0.3) is 32.7 Å². The van der Waals surface area contributed by atoms with E-state index in [0.717, 1.165) is 29.6 Å². The summed E-state index contributed by atoms with van der Waals surface area (Å²) >= 11 is 0. The predicted molar refractivity (Wildman–Crippen MR) is 222 cm³/mol. The van der Waals surface area contributed by atoms with Gasteiger partial charge in [-0.25, -0.2) is 0 Å². The van der Waals surface area contributed by atoms with Crippen LogP contribution in [0.15, 0.2) is 72.8 Å². The second kappa shape index (κ2) is 20.2. The summed E-state index contributed by atoms with van der Waals surface area (Å²) in [5, 5.41) is 5.59. The van der Waals surface area contributed by atoms with Gasteiger partial charge in [-0.05, 0) is 112 Å². The van der Waals surface area contributed by atoms with Crippen LogP contribution in [0.3, 0.4) is 0 Å². The molecule has 3 aliphatic carbocycles. The molecule has 0 radical (unpaired) electrons. The van der Waals surface area contributed by atoms with Gasteiger partial charge in [0, 0.05) is 0 Å². The van der Waals surface area contributed by atoms with Gasteiger partial charge in [0.25, 0.3) is 0 Å². The van der Waals surface area contributed by atoms with Gasteiger partial charge in [0.05, 0.1) is 0 Å². The normalized spacial score (nSPS) is 23.3. The first-order valence-corrected chi connectivity index (χ1v) is 17.8. The van der Waals surface area contributed by atoms with E-state index >= 15 is 0 Å². The Bertz CT molecular complexity index is 1480. The Hall–Kier alpha value is -2.60. The van der Waals surface area contributed by atoms with Crippen molar-refractivity contribution in [3.8, 4) is 11.1 Å². The van der Waals surface area contributed by atoms with Crippen molar-refractivity contribution in [2.45, 2.75) is 154 Å². The van der Waals surface area contributed by atoms with Crippen molar-refractivity contribution in [2.75, 3.05) is 0 Å². The zero-order valence-electron chi connectivity index (χ0n) is 26.1. The van der Waals surface area contributed by atoms with Gasteiger partial charge in [0.1, 0.15) is 0 Å². The van der Waals surface area contributed by atoms with Crippen LogP contribution in [-0.4, -0.2) is 0 Å². The quantitative estimate of drug-likeness (QED) is 0.194. The Morgan fingerprint density at radius 3 is 1.58 bits per heavy atom. The predicted octanol–water partition coefficient (Wildman–Crippen LogP) is 16.2. The SMILES string of the molecule is C.C.C.C.C.C.CCCC1CCC(CC2CCC(CC3CCc4cc(c5ccccc5c4)-c4c(ccc5ccccc45)CC3)CC2)CC1. The van der Waals surface area contributed by atoms with Crippen LogP contribution in [0.4, 0.5) is 0 Å². The third-order valence-electron chi connectivity index (χ3n) is 11.8. The van der Waals surface area contributed by atoms with Gasteiger partial charge in [-0.15, -0.1) is 0 Å². The van der Waals surface area contributed by atoms with Crippen LogP contribution in [0.1, 0.15) is 153 Å². The molecule has 7 rings (SSSR count). The van der Waals surface area contributed by atoms with Crippen LogP contribution in [0, 0.1) is 29.6 Å². The molecule has 0 nitrogen and oxygen atoms in total. The summed E-state index contributed by atoms with van der Waals surface area (Å²) in [6.07, 6.45) is 23.1. The van der Waals surface area contributed by atoms with Gasteiger partial charge < -0.3 is 0 Å². The summed E-state index contributed by atoms with van der Waals surface area (Å²) in [7, 11) is 0. The van der Waals surface area contributed by atoms with Gasteiger partial charge in [0.15, 0.2) is 0 Å². The number of aryl methyl sites for hydroxylation is 2. The highest BCUT2D eigenvalue weighted by Crippen LogP contribution is 2.43. The minimum atomic E-state index is 0. The fraction of sp³-hybridized carbons (Fsp3) is 0.583. The third-order valence-corrected chi connectivity index (χ3v) is 11.8. The molecular weight excluding hydrogens is 577 g/mol. The molecule has 1 unspecified atom stereocenters. The fourth-order valence-electron chi connectivity index (χ4n) is 9.49. The lowest BCUT2D eigenvalue weighted by molar-refractivity contribution is 0.174. The average molecular weight is 653 g/mol. The molecule has 0 aromatic heterocycles. The van der Waals surface area contributed by atoms with Gasteiger partial charge in [-0.3, -0.25) is 0 Å². The number of benzene rings is 4. The van der Waals surface area contributed by atoms with Crippen LogP contribution < -0.4 is 0 Å². The van der Waals surface area contributed by atoms with Crippen LogP contribution in [0.5, 0.6) is 0 Å². The third kappa shape index (κ3) is 9.76. The highest BCUT2D eigenvalue weighted by atomic mass is 14.3. The smallest absolute Gasteiger partial charge is 0.00670 e. The first kappa shape index (κ1) is 43.4. The minimum Gasteiger partial charge on any atom is -0.0776 e. The molecule has 2 bridgehead atoms. The lowest BCUT2D eigenvalue weighted by atomic mass is 9.71. The molecule has 0 amide bonds. The summed E-state index contributed by atoms with van der Waals surface area (Å²) in [4.78, 5) is 0. The highest BCUT2D eigenvalue weighted by Gasteiger charge is 2.28. The maximum absolute atomic E-state index is 2.55. The lowest BCUT2D eigenvalue weighted by Crippen LogP contribution is -2.22. The summed E-state index contributed by atoms with van der Waals surface area (Å²) in [5.41, 5.74) is 6.04. The molecule has 3 aliphatic rings. The fourth-order valence-corrected chi connectivity index (χ4v) is 9.49. The van der Waals surface area contributed by atoms with E-state index in [4.69, 9.17) is 0 Å². The van der Waals surface area contributed by atoms with Crippen molar-refractivity contribution in [3.63, 3.8) is 0 Å². The van der Waals surface area contributed by atoms with E-state index in [1.54, 1.807) is 12.0 Å². The molecule has 0 aliphatic heterocycles. The van der Waals surface area contributed by atoms with Crippen molar-refractivity contribution >= 4 is 21.5 Å². The average Bonchev–Trinajstić information content (AvgIpc) is 3.03. The van der Waals surface area contributed by atoms with Gasteiger partial charge in [0.2, 0.25) is 0 Å². The first-order valence-electron chi connectivity index (χ1n) is 17.8. The van der Waals surface area contributed by atoms with Crippen molar-refractivity contribution < 1.29 is 0 Å². The molecule has 0 heterocycles. The summed E-state index contributed by atoms with van der Waals surface area (Å²) < 4.78 is 0. The zero-order chi connectivity index (χ0) is 28.3. The van der Waals surface area contributed by atoms with Gasteiger partial charge in [-0.2, -0.15) is 0 Å². The van der Waals surface area contributed by atoms with E-state index in [0.29, 0.717) is 0 Å². The van der Waals surface area contributed by atoms with E-state index in [2.05, 4.69) is 79.7 Å². The van der Waals surface area contributed by atoms with E-state index in [1.807, 2.05) is 0 Å². The van der Waals surface area contributed by atoms with Crippen molar-refractivity contribution in [3.05, 3.63) is 83.9 Å². The highest BCUT2D eigenvalue weighted by molar-refractivity contribution is 6.07. The Kier molecular flexibility index (Phi) is 18.2. The molecule has 0 N–H and O–H groups in total. The van der Waals surface area contributed by atoms with Crippen molar-refractivity contribution in [2.24, 2.45) is 29.6 Å². The van der Waals surface area contributed by atoms with Crippen LogP contribution >= 0.6 is 0 Å². The summed E-state index contributed by atoms with van der Waals surface area (Å²) in [5.74, 6) is 4.91. The molecule has 2 fully saturated rings. The Morgan fingerprint density at radius 1 is 0.479 bits per heavy atom. The molecule has 1 atom stereocenters. The van der Waals surface area contributed by atoms with Crippen LogP contribution in [0.2, 0.25) is 0 Å². The first-order chi connectivity index (χ1) is 20.7. The molecular formula is C48H76. The molecule has 0 saturated heterocycles. The molecule has 0 heteroatoms. The second-order valence-corrected chi connectivity index (χ2v) is 14.7. The lowest BCUT2D eigenvalue weighted by Gasteiger charge is -2.35. The maximum atomic E-state index is 2.55. The molecule has 4 aromatic rings. The summed E-state index contributed by atoms with van der Waals surface area (Å²) in [6.45, 7) is 2.37. The minimum absolute atomic E-state index is 0. The molecule has 0 spiro atoms. The number of fused-ring (bicyclic) bond motifs is 8. The number of rotatable bonds is 6. The number of hydrogen-bond donors (Lipinski definition) is 0. The standard InChI is InChI=1S/C42H52.6CH4/c1-2-7-30-12-14-31(15-13-30)26-32-16-18-33(19-17-32)27-34-20-21-35-28-38-9-4-5-10-39(38)41(29-35)42-37(23-22-34)25-24-36-8-3-6-11-40(36)42;;;;;;/h3-6,8-11,24-25,28-34H,2,7,12-23,26-27H2,1H3;6*1H4. The number of hydrogen-bond acceptors (Lipinski definition) is 0. The molecule has 4 aromatic carbocycles. The van der Waals surface area contributed by atoms with E-state index < -0.39 is 0 Å². The zero-order valence-corrected chi connectivity index (χ0v) is 26.1. The van der Waals surface area contributed by atoms with E-state index in [9.17, 15) is 0 Å². The Labute approximate surface area is 299 Å². The Morgan fingerprint density at radius 2 is 0.979 bits per heavy atom. The Balaban J connectivity index is 0.00000192.